The van der Waals surface area contributed by atoms with Gasteiger partial charge in [-0.15, -0.1) is 0 Å². The van der Waals surface area contributed by atoms with Crippen molar-refractivity contribution < 1.29 is 4.57 Å². The van der Waals surface area contributed by atoms with Gasteiger partial charge >= 0.3 is 0 Å². The van der Waals surface area contributed by atoms with Crippen LogP contribution in [0.25, 0.3) is 0 Å². The Kier molecular flexibility index (Phi) is 20.6. The van der Waals surface area contributed by atoms with Crippen LogP contribution in [0.3, 0.4) is 0 Å². The van der Waals surface area contributed by atoms with E-state index in [1.165, 1.54) is 164 Å². The summed E-state index contributed by atoms with van der Waals surface area (Å²) >= 11 is 3.52. The van der Waals surface area contributed by atoms with Crippen LogP contribution < -0.4 is 4.57 Å². The highest BCUT2D eigenvalue weighted by Crippen LogP contribution is 2.14. The molecule has 0 saturated carbocycles. The molecule has 0 aliphatic rings. The zero-order valence-corrected chi connectivity index (χ0v) is 25.4. The molecule has 3 heteroatoms. The maximum absolute atomic E-state index is 4.20. The largest absolute Gasteiger partial charge is 0.264 e. The first-order valence-electron chi connectivity index (χ1n) is 15.8. The molecule has 0 saturated heterocycles. The zero-order chi connectivity index (χ0) is 26.1. The Morgan fingerprint density at radius 2 is 1.03 bits per heavy atom. The summed E-state index contributed by atoms with van der Waals surface area (Å²) in [6, 6.07) is 8.82. The van der Waals surface area contributed by atoms with Crippen molar-refractivity contribution in [3.8, 4) is 0 Å². The summed E-state index contributed by atoms with van der Waals surface area (Å²) < 4.78 is 2.43. The number of rotatable bonds is 25. The fraction of sp³-hybridized carbons (Fsp3) is 0.706. The Morgan fingerprint density at radius 3 is 1.57 bits per heavy atom. The van der Waals surface area contributed by atoms with Gasteiger partial charge in [0, 0.05) is 35.8 Å². The van der Waals surface area contributed by atoms with Crippen LogP contribution in [0.1, 0.15) is 140 Å². The molecule has 2 aromatic rings. The van der Waals surface area contributed by atoms with E-state index >= 15 is 0 Å². The standard InChI is InChI=1S/C34H56BrN2/c35-27-19-15-11-7-3-1-6-10-14-18-24-34-26-22-30-37(32-34)29-20-16-12-8-4-2-5-9-13-17-23-33-25-21-28-36-31-33/h21-22,25-26,28,30-32H,1-20,23-24,27,29H2/q+1. The third-order valence-corrected chi connectivity index (χ3v) is 8.18. The lowest BCUT2D eigenvalue weighted by Crippen LogP contribution is -2.33. The molecule has 2 rings (SSSR count). The molecule has 0 aromatic carbocycles. The number of halogens is 1. The van der Waals surface area contributed by atoms with Gasteiger partial charge in [-0.1, -0.05) is 118 Å². The van der Waals surface area contributed by atoms with Gasteiger partial charge in [-0.2, -0.15) is 0 Å². The molecule has 0 N–H and O–H groups in total. The molecule has 0 atom stereocenters. The molecule has 2 aromatic heterocycles. The molecule has 2 nitrogen and oxygen atoms in total. The van der Waals surface area contributed by atoms with Gasteiger partial charge in [0.2, 0.25) is 0 Å². The van der Waals surface area contributed by atoms with E-state index in [1.807, 2.05) is 18.5 Å². The number of hydrogen-bond acceptors (Lipinski definition) is 1. The van der Waals surface area contributed by atoms with Gasteiger partial charge in [-0.25, -0.2) is 4.57 Å². The van der Waals surface area contributed by atoms with Crippen molar-refractivity contribution in [2.75, 3.05) is 5.33 Å². The number of pyridine rings is 2. The van der Waals surface area contributed by atoms with Crippen LogP contribution >= 0.6 is 15.9 Å². The summed E-state index contributed by atoms with van der Waals surface area (Å²) in [6.07, 6.45) is 38.9. The quantitative estimate of drug-likeness (QED) is 0.0657. The van der Waals surface area contributed by atoms with Gasteiger partial charge in [-0.05, 0) is 56.2 Å². The second kappa shape index (κ2) is 23.9. The summed E-state index contributed by atoms with van der Waals surface area (Å²) in [5, 5.41) is 1.17. The van der Waals surface area contributed by atoms with E-state index in [4.69, 9.17) is 0 Å². The lowest BCUT2D eigenvalue weighted by molar-refractivity contribution is -0.697. The smallest absolute Gasteiger partial charge is 0.171 e. The van der Waals surface area contributed by atoms with Crippen LogP contribution in [0.4, 0.5) is 0 Å². The fourth-order valence-electron chi connectivity index (χ4n) is 5.28. The molecule has 37 heavy (non-hydrogen) atoms. The van der Waals surface area contributed by atoms with Crippen LogP contribution in [0, 0.1) is 0 Å². The highest BCUT2D eigenvalue weighted by atomic mass is 79.9. The number of unbranched alkanes of at least 4 members (excludes halogenated alkanes) is 18. The number of nitrogens with zero attached hydrogens (tertiary/aromatic N) is 2. The maximum atomic E-state index is 4.20. The topological polar surface area (TPSA) is 16.8 Å². The predicted octanol–water partition coefficient (Wildman–Crippen LogP) is 10.4. The molecule has 0 aliphatic carbocycles. The fourth-order valence-corrected chi connectivity index (χ4v) is 5.68. The van der Waals surface area contributed by atoms with E-state index in [0.717, 1.165) is 0 Å². The van der Waals surface area contributed by atoms with Crippen LogP contribution in [-0.4, -0.2) is 10.3 Å². The first kappa shape index (κ1) is 32.0. The molecule has 0 bridgehead atoms. The number of alkyl halides is 1. The molecule has 208 valence electrons. The van der Waals surface area contributed by atoms with Gasteiger partial charge in [0.25, 0.3) is 0 Å². The molecule has 0 amide bonds. The monoisotopic (exact) mass is 571 g/mol. The molecule has 0 aliphatic heterocycles. The van der Waals surface area contributed by atoms with Gasteiger partial charge in [0.05, 0.1) is 0 Å². The average Bonchev–Trinajstić information content (AvgIpc) is 2.93. The van der Waals surface area contributed by atoms with Crippen molar-refractivity contribution in [1.29, 1.82) is 0 Å². The number of aromatic nitrogens is 2. The Morgan fingerprint density at radius 1 is 0.541 bits per heavy atom. The summed E-state index contributed by atoms with van der Waals surface area (Å²) in [5.41, 5.74) is 2.91. The van der Waals surface area contributed by atoms with Crippen LogP contribution in [0.15, 0.2) is 49.1 Å². The molecule has 2 heterocycles. The van der Waals surface area contributed by atoms with Crippen molar-refractivity contribution in [3.05, 3.63) is 60.2 Å². The molecular formula is C34H56BrN2+. The minimum atomic E-state index is 1.17. The number of aryl methyl sites for hydroxylation is 3. The summed E-state index contributed by atoms with van der Waals surface area (Å²) in [5.74, 6) is 0. The van der Waals surface area contributed by atoms with Crippen molar-refractivity contribution in [2.24, 2.45) is 0 Å². The summed E-state index contributed by atoms with van der Waals surface area (Å²) in [4.78, 5) is 4.20. The molecule has 0 spiro atoms. The SMILES string of the molecule is BrCCCCCCCCCCCCc1ccc[n+](CCCCCCCCCCCCc2cccnc2)c1. The van der Waals surface area contributed by atoms with Crippen molar-refractivity contribution >= 4 is 15.9 Å². The third-order valence-electron chi connectivity index (χ3n) is 7.62. The van der Waals surface area contributed by atoms with E-state index < -0.39 is 0 Å². The minimum absolute atomic E-state index is 1.17. The van der Waals surface area contributed by atoms with Crippen molar-refractivity contribution in [3.63, 3.8) is 0 Å². The van der Waals surface area contributed by atoms with Crippen molar-refractivity contribution in [2.45, 2.75) is 148 Å². The Labute approximate surface area is 238 Å². The first-order chi connectivity index (χ1) is 18.4. The summed E-state index contributed by atoms with van der Waals surface area (Å²) in [6.45, 7) is 1.18. The lowest BCUT2D eigenvalue weighted by atomic mass is 10.0. The summed E-state index contributed by atoms with van der Waals surface area (Å²) in [7, 11) is 0. The van der Waals surface area contributed by atoms with Gasteiger partial charge in [0.15, 0.2) is 12.4 Å². The molecule has 0 unspecified atom stereocenters. The highest BCUT2D eigenvalue weighted by Gasteiger charge is 2.03. The Hall–Kier alpha value is -1.22. The van der Waals surface area contributed by atoms with Gasteiger partial charge in [0.1, 0.15) is 6.54 Å². The molecular weight excluding hydrogens is 516 g/mol. The Balaban J connectivity index is 1.35. The molecule has 0 fully saturated rings. The maximum Gasteiger partial charge on any atom is 0.171 e. The Bertz CT molecular complexity index is 748. The van der Waals surface area contributed by atoms with E-state index in [1.54, 1.807) is 0 Å². The first-order valence-corrected chi connectivity index (χ1v) is 16.9. The van der Waals surface area contributed by atoms with E-state index in [9.17, 15) is 0 Å². The third kappa shape index (κ3) is 18.6. The normalized spacial score (nSPS) is 11.3. The second-order valence-electron chi connectivity index (χ2n) is 11.1. The second-order valence-corrected chi connectivity index (χ2v) is 11.9. The van der Waals surface area contributed by atoms with E-state index in [2.05, 4.69) is 56.1 Å². The van der Waals surface area contributed by atoms with Gasteiger partial charge in [-0.3, -0.25) is 4.98 Å². The average molecular weight is 573 g/mol. The van der Waals surface area contributed by atoms with Crippen LogP contribution in [0.5, 0.6) is 0 Å². The highest BCUT2D eigenvalue weighted by molar-refractivity contribution is 9.09. The van der Waals surface area contributed by atoms with Gasteiger partial charge < -0.3 is 0 Å². The lowest BCUT2D eigenvalue weighted by Gasteiger charge is -2.04. The predicted molar refractivity (Wildman–Crippen MR) is 164 cm³/mol. The van der Waals surface area contributed by atoms with Crippen LogP contribution in [-0.2, 0) is 19.4 Å². The molecule has 0 radical (unpaired) electrons. The van der Waals surface area contributed by atoms with Crippen LogP contribution in [0.2, 0.25) is 0 Å². The van der Waals surface area contributed by atoms with Crippen molar-refractivity contribution in [1.82, 2.24) is 4.98 Å². The van der Waals surface area contributed by atoms with E-state index in [0.29, 0.717) is 0 Å². The zero-order valence-electron chi connectivity index (χ0n) is 23.9. The number of hydrogen-bond donors (Lipinski definition) is 0. The van der Waals surface area contributed by atoms with E-state index in [-0.39, 0.29) is 0 Å². The minimum Gasteiger partial charge on any atom is -0.264 e.